The lowest BCUT2D eigenvalue weighted by Gasteiger charge is -2.29. The van der Waals surface area contributed by atoms with Crippen molar-refractivity contribution in [1.29, 1.82) is 0 Å². The molecular weight excluding hydrogens is 434 g/mol. The molecule has 0 N–H and O–H groups in total. The third kappa shape index (κ3) is 4.60. The molecule has 8 heteroatoms. The fourth-order valence-electron chi connectivity index (χ4n) is 2.47. The van der Waals surface area contributed by atoms with E-state index < -0.39 is 15.7 Å². The quantitative estimate of drug-likeness (QED) is 0.515. The zero-order chi connectivity index (χ0) is 18.7. The third-order valence-corrected chi connectivity index (χ3v) is 6.58. The number of nitrogens with zero attached hydrogens (tertiary/aromatic N) is 3. The number of anilines is 1. The predicted octanol–water partition coefficient (Wildman–Crippen LogP) is 4.04. The molecule has 2 aromatic rings. The van der Waals surface area contributed by atoms with Crippen molar-refractivity contribution in [3.63, 3.8) is 0 Å². The highest BCUT2D eigenvalue weighted by atomic mass is 79.9. The fourth-order valence-corrected chi connectivity index (χ4v) is 4.32. The van der Waals surface area contributed by atoms with Gasteiger partial charge in [-0.2, -0.15) is 15.7 Å². The van der Waals surface area contributed by atoms with E-state index in [0.717, 1.165) is 42.2 Å². The lowest BCUT2D eigenvalue weighted by molar-refractivity contribution is 0.122. The molecule has 26 heavy (non-hydrogen) atoms. The van der Waals surface area contributed by atoms with Gasteiger partial charge in [-0.1, -0.05) is 0 Å². The first kappa shape index (κ1) is 19.7. The van der Waals surface area contributed by atoms with Crippen molar-refractivity contribution in [2.45, 2.75) is 25.5 Å². The van der Waals surface area contributed by atoms with E-state index >= 15 is 0 Å². The van der Waals surface area contributed by atoms with Crippen molar-refractivity contribution in [2.24, 2.45) is 4.40 Å². The zero-order valence-corrected chi connectivity index (χ0v) is 18.3. The SMILES string of the molecule is CC(C)(C)S(=O)N=C(c1ccsc1)c1ccc(N2CCOCC2)c(Br)n1. The first-order chi connectivity index (χ1) is 12.4. The predicted molar refractivity (Wildman–Crippen MR) is 113 cm³/mol. The van der Waals surface area contributed by atoms with Crippen molar-refractivity contribution in [3.05, 3.63) is 44.8 Å². The highest BCUT2D eigenvalue weighted by Crippen LogP contribution is 2.27. The first-order valence-electron chi connectivity index (χ1n) is 8.39. The minimum Gasteiger partial charge on any atom is -0.378 e. The second kappa shape index (κ2) is 8.29. The number of halogens is 1. The van der Waals surface area contributed by atoms with Crippen molar-refractivity contribution in [1.82, 2.24) is 4.98 Å². The Balaban J connectivity index is 1.98. The highest BCUT2D eigenvalue weighted by Gasteiger charge is 2.22. The van der Waals surface area contributed by atoms with E-state index in [1.165, 1.54) is 0 Å². The molecule has 0 bridgehead atoms. The fraction of sp³-hybridized carbons (Fsp3) is 0.444. The summed E-state index contributed by atoms with van der Waals surface area (Å²) < 4.78 is 22.9. The van der Waals surface area contributed by atoms with Gasteiger partial charge in [0.05, 0.1) is 29.3 Å². The standard InChI is InChI=1S/C18H22BrN3O2S2/c1-18(2,3)26(23)21-16(13-6-11-25-12-13)14-4-5-15(17(19)20-14)22-7-9-24-10-8-22/h4-6,11-12H,7-10H2,1-3H3. The Hall–Kier alpha value is -1.09. The van der Waals surface area contributed by atoms with E-state index in [9.17, 15) is 4.21 Å². The van der Waals surface area contributed by atoms with Gasteiger partial charge < -0.3 is 9.64 Å². The summed E-state index contributed by atoms with van der Waals surface area (Å²) in [5, 5.41) is 3.99. The maximum Gasteiger partial charge on any atom is 0.145 e. The Morgan fingerprint density at radius 2 is 2.04 bits per heavy atom. The molecule has 0 spiro atoms. The van der Waals surface area contributed by atoms with Crippen molar-refractivity contribution < 1.29 is 8.95 Å². The number of morpholine rings is 1. The average Bonchev–Trinajstić information content (AvgIpc) is 3.13. The summed E-state index contributed by atoms with van der Waals surface area (Å²) in [4.78, 5) is 6.96. The second-order valence-electron chi connectivity index (χ2n) is 6.92. The molecule has 1 unspecified atom stereocenters. The van der Waals surface area contributed by atoms with E-state index in [0.29, 0.717) is 11.4 Å². The summed E-state index contributed by atoms with van der Waals surface area (Å²) in [5.74, 6) is 0. The summed E-state index contributed by atoms with van der Waals surface area (Å²) in [6, 6.07) is 5.97. The van der Waals surface area contributed by atoms with Crippen LogP contribution in [0.2, 0.25) is 0 Å². The maximum absolute atomic E-state index is 12.6. The van der Waals surface area contributed by atoms with Gasteiger partial charge in [-0.15, -0.1) is 0 Å². The second-order valence-corrected chi connectivity index (χ2v) is 10.4. The molecule has 1 fully saturated rings. The number of thiophene rings is 1. The third-order valence-electron chi connectivity index (χ3n) is 3.92. The van der Waals surface area contributed by atoms with Crippen LogP contribution in [-0.4, -0.2) is 46.0 Å². The van der Waals surface area contributed by atoms with E-state index in [-0.39, 0.29) is 0 Å². The van der Waals surface area contributed by atoms with Gasteiger partial charge in [0.25, 0.3) is 0 Å². The molecule has 0 amide bonds. The number of hydrogen-bond acceptors (Lipinski definition) is 5. The van der Waals surface area contributed by atoms with E-state index in [1.807, 2.05) is 49.7 Å². The van der Waals surface area contributed by atoms with Crippen LogP contribution in [0.5, 0.6) is 0 Å². The topological polar surface area (TPSA) is 54.8 Å². The summed E-state index contributed by atoms with van der Waals surface area (Å²) in [6.45, 7) is 8.90. The molecule has 1 atom stereocenters. The highest BCUT2D eigenvalue weighted by molar-refractivity contribution is 9.10. The maximum atomic E-state index is 12.6. The Kier molecular flexibility index (Phi) is 6.27. The van der Waals surface area contributed by atoms with Gasteiger partial charge in [0.1, 0.15) is 21.3 Å². The monoisotopic (exact) mass is 455 g/mol. The van der Waals surface area contributed by atoms with Crippen molar-refractivity contribution in [3.8, 4) is 0 Å². The summed E-state index contributed by atoms with van der Waals surface area (Å²) in [7, 11) is -1.36. The smallest absolute Gasteiger partial charge is 0.145 e. The normalized spacial score (nSPS) is 17.4. The lowest BCUT2D eigenvalue weighted by atomic mass is 10.1. The van der Waals surface area contributed by atoms with Crippen LogP contribution in [0.4, 0.5) is 5.69 Å². The summed E-state index contributed by atoms with van der Waals surface area (Å²) in [6.07, 6.45) is 0. The van der Waals surface area contributed by atoms with Gasteiger partial charge in [0, 0.05) is 24.0 Å². The van der Waals surface area contributed by atoms with Crippen LogP contribution in [0, 0.1) is 0 Å². The molecule has 1 saturated heterocycles. The molecule has 5 nitrogen and oxygen atoms in total. The van der Waals surface area contributed by atoms with Crippen LogP contribution in [0.15, 0.2) is 38.0 Å². The minimum absolute atomic E-state index is 0.424. The number of hydrogen-bond donors (Lipinski definition) is 0. The number of pyridine rings is 1. The van der Waals surface area contributed by atoms with Crippen LogP contribution in [-0.2, 0) is 15.7 Å². The van der Waals surface area contributed by atoms with Gasteiger partial charge >= 0.3 is 0 Å². The van der Waals surface area contributed by atoms with E-state index in [2.05, 4.69) is 25.2 Å². The molecule has 0 radical (unpaired) electrons. The lowest BCUT2D eigenvalue weighted by Crippen LogP contribution is -2.36. The molecule has 3 rings (SSSR count). The van der Waals surface area contributed by atoms with Gasteiger partial charge in [-0.3, -0.25) is 0 Å². The number of aromatic nitrogens is 1. The molecular formula is C18H22BrN3O2S2. The number of ether oxygens (including phenoxy) is 1. The molecule has 3 heterocycles. The molecule has 140 valence electrons. The van der Waals surface area contributed by atoms with Crippen LogP contribution in [0.3, 0.4) is 0 Å². The average molecular weight is 456 g/mol. The van der Waals surface area contributed by atoms with Gasteiger partial charge in [0.15, 0.2) is 0 Å². The van der Waals surface area contributed by atoms with Crippen LogP contribution < -0.4 is 4.90 Å². The van der Waals surface area contributed by atoms with Gasteiger partial charge in [0.2, 0.25) is 0 Å². The molecule has 0 saturated carbocycles. The molecule has 1 aliphatic heterocycles. The Morgan fingerprint density at radius 1 is 1.31 bits per heavy atom. The van der Waals surface area contributed by atoms with Gasteiger partial charge in [-0.05, 0) is 60.3 Å². The zero-order valence-electron chi connectivity index (χ0n) is 15.1. The molecule has 0 aromatic carbocycles. The van der Waals surface area contributed by atoms with Crippen LogP contribution in [0.25, 0.3) is 0 Å². The van der Waals surface area contributed by atoms with Crippen LogP contribution in [0.1, 0.15) is 32.0 Å². The summed E-state index contributed by atoms with van der Waals surface area (Å²) >= 11 is 5.18. The molecule has 1 aliphatic rings. The Labute approximate surface area is 169 Å². The van der Waals surface area contributed by atoms with Crippen LogP contribution >= 0.6 is 27.3 Å². The Bertz CT molecular complexity index is 810. The first-order valence-corrected chi connectivity index (χ1v) is 11.2. The Morgan fingerprint density at radius 3 is 2.62 bits per heavy atom. The van der Waals surface area contributed by atoms with Crippen molar-refractivity contribution >= 4 is 49.7 Å². The van der Waals surface area contributed by atoms with E-state index in [4.69, 9.17) is 9.72 Å². The molecule has 2 aromatic heterocycles. The van der Waals surface area contributed by atoms with Crippen molar-refractivity contribution in [2.75, 3.05) is 31.2 Å². The molecule has 0 aliphatic carbocycles. The largest absolute Gasteiger partial charge is 0.378 e. The summed E-state index contributed by atoms with van der Waals surface area (Å²) in [5.41, 5.74) is 3.35. The number of rotatable bonds is 4. The minimum atomic E-state index is -1.36. The van der Waals surface area contributed by atoms with E-state index in [1.54, 1.807) is 11.3 Å². The van der Waals surface area contributed by atoms with Gasteiger partial charge in [-0.25, -0.2) is 9.19 Å².